The molecule has 2 heterocycles. The number of nitrogens with two attached hydrogens (primary N) is 1. The summed E-state index contributed by atoms with van der Waals surface area (Å²) < 4.78 is 0.917. The molecule has 0 aliphatic rings. The minimum atomic E-state index is -0.143. The molecule has 4 N–H and O–H groups in total. The molecule has 0 saturated heterocycles. The molecule has 132 valence electrons. The van der Waals surface area contributed by atoms with Crippen molar-refractivity contribution in [3.8, 4) is 6.07 Å². The van der Waals surface area contributed by atoms with Crippen molar-refractivity contribution < 1.29 is 4.79 Å². The number of carbonyl (C=O) groups is 1. The molecular weight excluding hydrogens is 348 g/mol. The van der Waals surface area contributed by atoms with Crippen LogP contribution in [0.3, 0.4) is 0 Å². The molecule has 0 aliphatic heterocycles. The van der Waals surface area contributed by atoms with Crippen LogP contribution in [-0.2, 0) is 0 Å². The summed E-state index contributed by atoms with van der Waals surface area (Å²) in [6.07, 6.45) is 3.32. The molecule has 0 saturated carbocycles. The minimum Gasteiger partial charge on any atom is -0.352 e. The minimum absolute atomic E-state index is 0.143. The summed E-state index contributed by atoms with van der Waals surface area (Å²) in [5, 5.41) is 15.6. The predicted molar refractivity (Wildman–Crippen MR) is 102 cm³/mol. The Balaban J connectivity index is 1.70. The van der Waals surface area contributed by atoms with Crippen molar-refractivity contribution in [2.24, 2.45) is 5.73 Å². The number of hydrogen-bond donors (Lipinski definition) is 3. The van der Waals surface area contributed by atoms with Crippen molar-refractivity contribution in [2.75, 3.05) is 18.4 Å². The van der Waals surface area contributed by atoms with Gasteiger partial charge in [0.2, 0.25) is 0 Å². The first kappa shape index (κ1) is 17.8. The third-order valence-electron chi connectivity index (χ3n) is 3.69. The van der Waals surface area contributed by atoms with Crippen LogP contribution in [0.5, 0.6) is 0 Å². The molecule has 7 nitrogen and oxygen atoms in total. The fraction of sp³-hybridized carbons (Fsp3) is 0.222. The molecule has 0 radical (unpaired) electrons. The molecule has 3 rings (SSSR count). The van der Waals surface area contributed by atoms with Gasteiger partial charge in [-0.15, -0.1) is 0 Å². The van der Waals surface area contributed by atoms with Crippen LogP contribution < -0.4 is 16.4 Å². The normalized spacial score (nSPS) is 10.5. The van der Waals surface area contributed by atoms with E-state index in [0.29, 0.717) is 35.2 Å². The highest BCUT2D eigenvalue weighted by Gasteiger charge is 2.09. The highest BCUT2D eigenvalue weighted by Crippen LogP contribution is 2.28. The van der Waals surface area contributed by atoms with Crippen LogP contribution in [0.15, 0.2) is 36.5 Å². The maximum atomic E-state index is 12.2. The number of fused-ring (bicyclic) bond motifs is 1. The monoisotopic (exact) mass is 366 g/mol. The fourth-order valence-electron chi connectivity index (χ4n) is 2.37. The van der Waals surface area contributed by atoms with Crippen molar-refractivity contribution in [1.29, 1.82) is 5.26 Å². The number of nitriles is 1. The van der Waals surface area contributed by atoms with Gasteiger partial charge in [-0.25, -0.2) is 9.97 Å². The van der Waals surface area contributed by atoms with E-state index in [-0.39, 0.29) is 5.91 Å². The molecule has 8 heteroatoms. The summed E-state index contributed by atoms with van der Waals surface area (Å²) in [4.78, 5) is 20.9. The third-order valence-corrected chi connectivity index (χ3v) is 4.62. The Hall–Kier alpha value is -3.02. The zero-order valence-corrected chi connectivity index (χ0v) is 14.8. The van der Waals surface area contributed by atoms with E-state index < -0.39 is 0 Å². The Bertz CT molecular complexity index is 962. The number of hydrogen-bond acceptors (Lipinski definition) is 7. The van der Waals surface area contributed by atoms with Gasteiger partial charge in [-0.3, -0.25) is 4.79 Å². The van der Waals surface area contributed by atoms with Gasteiger partial charge in [-0.05, 0) is 49.7 Å². The van der Waals surface area contributed by atoms with Gasteiger partial charge in [0, 0.05) is 18.3 Å². The van der Waals surface area contributed by atoms with Crippen LogP contribution in [0.4, 0.5) is 10.9 Å². The average molecular weight is 366 g/mol. The van der Waals surface area contributed by atoms with Gasteiger partial charge >= 0.3 is 0 Å². The Morgan fingerprint density at radius 2 is 2.15 bits per heavy atom. The topological polar surface area (TPSA) is 117 Å². The molecule has 26 heavy (non-hydrogen) atoms. The molecule has 1 aromatic carbocycles. The molecule has 0 aliphatic carbocycles. The Morgan fingerprint density at radius 3 is 2.96 bits per heavy atom. The Morgan fingerprint density at radius 1 is 1.27 bits per heavy atom. The molecule has 0 fully saturated rings. The van der Waals surface area contributed by atoms with E-state index in [1.165, 1.54) is 11.3 Å². The zero-order chi connectivity index (χ0) is 18.4. The Kier molecular flexibility index (Phi) is 5.73. The van der Waals surface area contributed by atoms with E-state index in [4.69, 9.17) is 11.0 Å². The van der Waals surface area contributed by atoms with Gasteiger partial charge in [0.15, 0.2) is 5.13 Å². The number of carbonyl (C=O) groups excluding carboxylic acids is 1. The van der Waals surface area contributed by atoms with Crippen LogP contribution in [0, 0.1) is 11.3 Å². The number of amides is 1. The zero-order valence-electron chi connectivity index (χ0n) is 14.0. The Labute approximate surface area is 154 Å². The van der Waals surface area contributed by atoms with Crippen LogP contribution in [-0.4, -0.2) is 29.0 Å². The molecule has 0 spiro atoms. The summed E-state index contributed by atoms with van der Waals surface area (Å²) in [6, 6.07) is 10.8. The number of anilines is 2. The van der Waals surface area contributed by atoms with E-state index >= 15 is 0 Å². The van der Waals surface area contributed by atoms with E-state index in [1.54, 1.807) is 30.5 Å². The van der Waals surface area contributed by atoms with Gasteiger partial charge in [0.1, 0.15) is 5.82 Å². The molecule has 3 aromatic rings. The fourth-order valence-corrected chi connectivity index (χ4v) is 3.28. The van der Waals surface area contributed by atoms with E-state index in [9.17, 15) is 4.79 Å². The second kappa shape index (κ2) is 8.38. The molecular formula is C18H18N6OS. The summed E-state index contributed by atoms with van der Waals surface area (Å²) in [5.74, 6) is 0.398. The molecule has 0 bridgehead atoms. The van der Waals surface area contributed by atoms with Crippen molar-refractivity contribution in [3.63, 3.8) is 0 Å². The van der Waals surface area contributed by atoms with Crippen molar-refractivity contribution in [2.45, 2.75) is 12.8 Å². The summed E-state index contributed by atoms with van der Waals surface area (Å²) in [5.41, 5.74) is 7.38. The number of rotatable bonds is 7. The maximum Gasteiger partial charge on any atom is 0.251 e. The predicted octanol–water partition coefficient (Wildman–Crippen LogP) is 2.78. The smallest absolute Gasteiger partial charge is 0.251 e. The number of pyridine rings is 1. The van der Waals surface area contributed by atoms with Crippen molar-refractivity contribution in [3.05, 3.63) is 47.7 Å². The van der Waals surface area contributed by atoms with Crippen LogP contribution in [0.25, 0.3) is 10.2 Å². The van der Waals surface area contributed by atoms with Gasteiger partial charge < -0.3 is 16.4 Å². The van der Waals surface area contributed by atoms with Gasteiger partial charge in [0.25, 0.3) is 5.91 Å². The number of aromatic nitrogens is 2. The van der Waals surface area contributed by atoms with Gasteiger partial charge in [-0.1, -0.05) is 11.3 Å². The van der Waals surface area contributed by atoms with Gasteiger partial charge in [0.05, 0.1) is 21.8 Å². The summed E-state index contributed by atoms with van der Waals surface area (Å²) in [6.45, 7) is 1.22. The van der Waals surface area contributed by atoms with Crippen molar-refractivity contribution >= 4 is 38.4 Å². The standard InChI is InChI=1S/C18H18N6OS/c19-6-1-2-7-22-17(25)13-5-8-21-16(10-13)24-18-23-14-4-3-12(11-20)9-15(14)26-18/h3-5,8-10H,1-2,6-7,19H2,(H,22,25)(H,21,23,24). The van der Waals surface area contributed by atoms with Gasteiger partial charge in [-0.2, -0.15) is 5.26 Å². The van der Waals surface area contributed by atoms with E-state index in [1.807, 2.05) is 6.07 Å². The third kappa shape index (κ3) is 4.33. The van der Waals surface area contributed by atoms with Crippen LogP contribution >= 0.6 is 11.3 Å². The quantitative estimate of drug-likeness (QED) is 0.554. The lowest BCUT2D eigenvalue weighted by atomic mass is 10.2. The first-order valence-electron chi connectivity index (χ1n) is 8.21. The number of thiazole rings is 1. The number of benzene rings is 1. The SMILES string of the molecule is N#Cc1ccc2nc(Nc3cc(C(=O)NCCCCN)ccn3)sc2c1. The van der Waals surface area contributed by atoms with Crippen LogP contribution in [0.1, 0.15) is 28.8 Å². The summed E-state index contributed by atoms with van der Waals surface area (Å²) >= 11 is 1.43. The lowest BCUT2D eigenvalue weighted by Crippen LogP contribution is -2.25. The van der Waals surface area contributed by atoms with Crippen LogP contribution in [0.2, 0.25) is 0 Å². The molecule has 0 unspecified atom stereocenters. The lowest BCUT2D eigenvalue weighted by Gasteiger charge is -2.06. The number of unbranched alkanes of at least 4 members (excludes halogenated alkanes) is 1. The highest BCUT2D eigenvalue weighted by molar-refractivity contribution is 7.22. The molecule has 1 amide bonds. The lowest BCUT2D eigenvalue weighted by molar-refractivity contribution is 0.0953. The maximum absolute atomic E-state index is 12.2. The second-order valence-electron chi connectivity index (χ2n) is 5.62. The number of nitrogens with zero attached hydrogens (tertiary/aromatic N) is 3. The van der Waals surface area contributed by atoms with E-state index in [0.717, 1.165) is 23.1 Å². The molecule has 0 atom stereocenters. The summed E-state index contributed by atoms with van der Waals surface area (Å²) in [7, 11) is 0. The van der Waals surface area contributed by atoms with E-state index in [2.05, 4.69) is 26.7 Å². The first-order valence-corrected chi connectivity index (χ1v) is 9.03. The highest BCUT2D eigenvalue weighted by atomic mass is 32.1. The molecule has 2 aromatic heterocycles. The second-order valence-corrected chi connectivity index (χ2v) is 6.65. The largest absolute Gasteiger partial charge is 0.352 e. The average Bonchev–Trinajstić information content (AvgIpc) is 3.06. The van der Waals surface area contributed by atoms with Crippen molar-refractivity contribution in [1.82, 2.24) is 15.3 Å². The first-order chi connectivity index (χ1) is 12.7. The number of nitrogens with one attached hydrogen (secondary N) is 2.